The first kappa shape index (κ1) is 13.4. The Hall–Kier alpha value is -2.08. The second-order valence-electron chi connectivity index (χ2n) is 4.37. The summed E-state index contributed by atoms with van der Waals surface area (Å²) in [7, 11) is 0. The Bertz CT molecular complexity index is 449. The zero-order valence-corrected chi connectivity index (χ0v) is 10.4. The van der Waals surface area contributed by atoms with Crippen LogP contribution >= 0.6 is 0 Å². The molecule has 0 unspecified atom stereocenters. The summed E-state index contributed by atoms with van der Waals surface area (Å²) >= 11 is 0. The number of hydroxylamine groups is 1. The molecule has 0 aromatic heterocycles. The normalized spacial score (nSPS) is 18.2. The Balaban J connectivity index is 1.90. The molecule has 2 N–H and O–H groups in total. The molecule has 0 saturated carbocycles. The third-order valence-corrected chi connectivity index (χ3v) is 3.11. The van der Waals surface area contributed by atoms with Crippen molar-refractivity contribution in [1.29, 1.82) is 0 Å². The van der Waals surface area contributed by atoms with Crippen LogP contribution in [-0.2, 0) is 16.1 Å². The van der Waals surface area contributed by atoms with Gasteiger partial charge in [-0.05, 0) is 18.4 Å². The largest absolute Gasteiger partial charge is 0.445 e. The minimum absolute atomic E-state index is 0.170. The number of likely N-dealkylation sites (tertiary alicyclic amines) is 1. The van der Waals surface area contributed by atoms with Gasteiger partial charge in [-0.25, -0.2) is 10.3 Å². The number of amides is 2. The molecule has 2 amide bonds. The number of hydrogen-bond donors (Lipinski definition) is 2. The van der Waals surface area contributed by atoms with Crippen molar-refractivity contribution in [2.75, 3.05) is 6.54 Å². The van der Waals surface area contributed by atoms with Gasteiger partial charge in [0.15, 0.2) is 0 Å². The Kier molecular flexibility index (Phi) is 4.35. The summed E-state index contributed by atoms with van der Waals surface area (Å²) in [4.78, 5) is 24.6. The highest BCUT2D eigenvalue weighted by Gasteiger charge is 2.34. The van der Waals surface area contributed by atoms with E-state index in [0.717, 1.165) is 12.0 Å². The molecule has 1 aliphatic rings. The lowest BCUT2D eigenvalue weighted by molar-refractivity contribution is -0.133. The third-order valence-electron chi connectivity index (χ3n) is 3.11. The van der Waals surface area contributed by atoms with Crippen LogP contribution in [0.15, 0.2) is 30.3 Å². The average Bonchev–Trinajstić information content (AvgIpc) is 2.94. The molecule has 1 atom stereocenters. The van der Waals surface area contributed by atoms with Crippen molar-refractivity contribution < 1.29 is 19.5 Å². The number of rotatable bonds is 3. The molecule has 0 radical (unpaired) electrons. The van der Waals surface area contributed by atoms with Crippen molar-refractivity contribution in [2.24, 2.45) is 0 Å². The number of benzene rings is 1. The van der Waals surface area contributed by atoms with Crippen molar-refractivity contribution in [3.05, 3.63) is 35.9 Å². The molecule has 0 bridgehead atoms. The summed E-state index contributed by atoms with van der Waals surface area (Å²) in [5.41, 5.74) is 2.46. The number of hydrogen-bond acceptors (Lipinski definition) is 4. The van der Waals surface area contributed by atoms with Gasteiger partial charge in [0.2, 0.25) is 0 Å². The van der Waals surface area contributed by atoms with Crippen molar-refractivity contribution >= 4 is 12.0 Å². The fraction of sp³-hybridized carbons (Fsp3) is 0.385. The molecule has 0 spiro atoms. The molecule has 6 nitrogen and oxygen atoms in total. The van der Waals surface area contributed by atoms with Gasteiger partial charge in [-0.3, -0.25) is 14.9 Å². The third kappa shape index (κ3) is 3.23. The Morgan fingerprint density at radius 3 is 2.79 bits per heavy atom. The minimum Gasteiger partial charge on any atom is -0.445 e. The first-order valence-corrected chi connectivity index (χ1v) is 6.13. The van der Waals surface area contributed by atoms with Crippen LogP contribution in [0.3, 0.4) is 0 Å². The highest BCUT2D eigenvalue weighted by atomic mass is 16.6. The predicted molar refractivity (Wildman–Crippen MR) is 66.3 cm³/mol. The van der Waals surface area contributed by atoms with E-state index >= 15 is 0 Å². The van der Waals surface area contributed by atoms with E-state index in [0.29, 0.717) is 13.0 Å². The average molecular weight is 264 g/mol. The standard InChI is InChI=1S/C13H16N2O4/c16-12(14-18)11-7-4-8-15(11)13(17)19-9-10-5-2-1-3-6-10/h1-3,5-6,11,18H,4,7-9H2,(H,14,16)/t11-/m0/s1. The quantitative estimate of drug-likeness (QED) is 0.637. The minimum atomic E-state index is -0.645. The monoisotopic (exact) mass is 264 g/mol. The maximum absolute atomic E-state index is 11.9. The summed E-state index contributed by atoms with van der Waals surface area (Å²) in [5.74, 6) is -0.575. The number of carbonyl (C=O) groups excluding carboxylic acids is 2. The molecule has 1 aromatic rings. The lowest BCUT2D eigenvalue weighted by Crippen LogP contribution is -2.45. The molecular weight excluding hydrogens is 248 g/mol. The molecule has 0 aliphatic carbocycles. The second kappa shape index (κ2) is 6.19. The van der Waals surface area contributed by atoms with E-state index in [2.05, 4.69) is 0 Å². The first-order chi connectivity index (χ1) is 9.22. The fourth-order valence-corrected chi connectivity index (χ4v) is 2.13. The van der Waals surface area contributed by atoms with Crippen LogP contribution in [0.4, 0.5) is 4.79 Å². The van der Waals surface area contributed by atoms with Crippen molar-refractivity contribution in [2.45, 2.75) is 25.5 Å². The molecule has 2 rings (SSSR count). The van der Waals surface area contributed by atoms with Crippen LogP contribution in [0.2, 0.25) is 0 Å². The number of ether oxygens (including phenoxy) is 1. The van der Waals surface area contributed by atoms with E-state index < -0.39 is 18.0 Å². The molecule has 1 fully saturated rings. The Morgan fingerprint density at radius 2 is 2.11 bits per heavy atom. The zero-order chi connectivity index (χ0) is 13.7. The first-order valence-electron chi connectivity index (χ1n) is 6.13. The molecule has 102 valence electrons. The Morgan fingerprint density at radius 1 is 1.37 bits per heavy atom. The van der Waals surface area contributed by atoms with Crippen LogP contribution in [0.25, 0.3) is 0 Å². The molecule has 1 heterocycles. The lowest BCUT2D eigenvalue weighted by atomic mass is 10.2. The summed E-state index contributed by atoms with van der Waals surface area (Å²) in [6.45, 7) is 0.634. The smallest absolute Gasteiger partial charge is 0.410 e. The van der Waals surface area contributed by atoms with Crippen molar-refractivity contribution in [3.63, 3.8) is 0 Å². The van der Waals surface area contributed by atoms with Gasteiger partial charge in [0, 0.05) is 6.54 Å². The van der Waals surface area contributed by atoms with E-state index in [4.69, 9.17) is 9.94 Å². The molecular formula is C13H16N2O4. The highest BCUT2D eigenvalue weighted by molar-refractivity contribution is 5.85. The molecule has 6 heteroatoms. The van der Waals surface area contributed by atoms with E-state index in [9.17, 15) is 9.59 Å². The van der Waals surface area contributed by atoms with E-state index in [1.807, 2.05) is 30.3 Å². The van der Waals surface area contributed by atoms with Gasteiger partial charge in [-0.2, -0.15) is 0 Å². The van der Waals surface area contributed by atoms with Gasteiger partial charge in [0.1, 0.15) is 12.6 Å². The molecule has 1 saturated heterocycles. The highest BCUT2D eigenvalue weighted by Crippen LogP contribution is 2.18. The van der Waals surface area contributed by atoms with Gasteiger partial charge >= 0.3 is 6.09 Å². The maximum atomic E-state index is 11.9. The Labute approximate surface area is 110 Å². The van der Waals surface area contributed by atoms with E-state index in [-0.39, 0.29) is 6.61 Å². The van der Waals surface area contributed by atoms with Crippen LogP contribution in [0.1, 0.15) is 18.4 Å². The summed E-state index contributed by atoms with van der Waals surface area (Å²) in [5, 5.41) is 8.62. The lowest BCUT2D eigenvalue weighted by Gasteiger charge is -2.22. The molecule has 1 aliphatic heterocycles. The van der Waals surface area contributed by atoms with E-state index in [1.165, 1.54) is 4.90 Å². The van der Waals surface area contributed by atoms with Crippen LogP contribution in [0.5, 0.6) is 0 Å². The van der Waals surface area contributed by atoms with Gasteiger partial charge in [-0.1, -0.05) is 30.3 Å². The summed E-state index contributed by atoms with van der Waals surface area (Å²) in [6, 6.07) is 8.67. The fourth-order valence-electron chi connectivity index (χ4n) is 2.13. The predicted octanol–water partition coefficient (Wildman–Crippen LogP) is 1.29. The summed E-state index contributed by atoms with van der Waals surface area (Å²) in [6.07, 6.45) is 0.723. The number of nitrogens with zero attached hydrogens (tertiary/aromatic N) is 1. The van der Waals surface area contributed by atoms with Gasteiger partial charge in [-0.15, -0.1) is 0 Å². The van der Waals surface area contributed by atoms with Crippen LogP contribution < -0.4 is 5.48 Å². The number of nitrogens with one attached hydrogen (secondary N) is 1. The molecule has 19 heavy (non-hydrogen) atoms. The van der Waals surface area contributed by atoms with Crippen LogP contribution in [-0.4, -0.2) is 34.7 Å². The van der Waals surface area contributed by atoms with Gasteiger partial charge in [0.25, 0.3) is 5.91 Å². The van der Waals surface area contributed by atoms with E-state index in [1.54, 1.807) is 5.48 Å². The van der Waals surface area contributed by atoms with Crippen molar-refractivity contribution in [3.8, 4) is 0 Å². The van der Waals surface area contributed by atoms with Crippen LogP contribution in [0, 0.1) is 0 Å². The maximum Gasteiger partial charge on any atom is 0.410 e. The van der Waals surface area contributed by atoms with Crippen molar-refractivity contribution in [1.82, 2.24) is 10.4 Å². The topological polar surface area (TPSA) is 78.9 Å². The van der Waals surface area contributed by atoms with Gasteiger partial charge < -0.3 is 4.74 Å². The van der Waals surface area contributed by atoms with Gasteiger partial charge in [0.05, 0.1) is 0 Å². The molecule has 1 aromatic carbocycles. The SMILES string of the molecule is O=C(NO)[C@@H]1CCCN1C(=O)OCc1ccccc1. The number of carbonyl (C=O) groups is 2. The zero-order valence-electron chi connectivity index (χ0n) is 10.4. The summed E-state index contributed by atoms with van der Waals surface area (Å²) < 4.78 is 5.16. The second-order valence-corrected chi connectivity index (χ2v) is 4.37.